The minimum Gasteiger partial charge on any atom is -0.371 e. The molecule has 4 aliphatic carbocycles. The van der Waals surface area contributed by atoms with Crippen LogP contribution in [-0.2, 0) is 0 Å². The van der Waals surface area contributed by atoms with E-state index in [1.807, 2.05) is 0 Å². The summed E-state index contributed by atoms with van der Waals surface area (Å²) in [5.74, 6) is -4.06. The molecule has 0 aromatic heterocycles. The fraction of sp³-hybridized carbons (Fsp3) is 1.00. The van der Waals surface area contributed by atoms with Crippen LogP contribution in [0.3, 0.4) is 0 Å². The molecule has 1 nitrogen and oxygen atoms in total. The standard InChI is InChI=1S/C15H16F8O/c16-11-7-4-8(10-6-2-1-5(3-6)9(7)10)12(11,17)13(24,14(18,19)20)15(21,22)23/h5-11,24H,1-4H2. The van der Waals surface area contributed by atoms with Crippen molar-refractivity contribution in [1.29, 1.82) is 0 Å². The highest BCUT2D eigenvalue weighted by atomic mass is 19.4. The van der Waals surface area contributed by atoms with Gasteiger partial charge in [-0.05, 0) is 55.3 Å². The van der Waals surface area contributed by atoms with Crippen LogP contribution in [-0.4, -0.2) is 34.9 Å². The Morgan fingerprint density at radius 2 is 1.33 bits per heavy atom. The average Bonchev–Trinajstić information content (AvgIpc) is 3.15. The Kier molecular flexibility index (Phi) is 3.07. The van der Waals surface area contributed by atoms with E-state index in [-0.39, 0.29) is 24.2 Å². The Bertz CT molecular complexity index is 543. The van der Waals surface area contributed by atoms with Crippen LogP contribution in [0.15, 0.2) is 0 Å². The molecule has 4 saturated carbocycles. The lowest BCUT2D eigenvalue weighted by Gasteiger charge is -2.51. The second-order valence-corrected chi connectivity index (χ2v) is 7.87. The summed E-state index contributed by atoms with van der Waals surface area (Å²) in [6.45, 7) is 0. The minimum absolute atomic E-state index is 0.0580. The van der Waals surface area contributed by atoms with Gasteiger partial charge in [-0.3, -0.25) is 0 Å². The number of fused-ring (bicyclic) bond motifs is 9. The van der Waals surface area contributed by atoms with Crippen molar-refractivity contribution >= 4 is 0 Å². The number of halogens is 8. The van der Waals surface area contributed by atoms with Gasteiger partial charge < -0.3 is 5.11 Å². The number of alkyl halides is 8. The SMILES string of the molecule is OC(C(F)(F)F)(C(F)(F)F)C1(F)C(F)C2CC1C1C3CCC(C3)C21. The molecule has 1 N–H and O–H groups in total. The Morgan fingerprint density at radius 1 is 0.833 bits per heavy atom. The van der Waals surface area contributed by atoms with Crippen molar-refractivity contribution < 1.29 is 40.2 Å². The molecule has 0 aliphatic heterocycles. The van der Waals surface area contributed by atoms with E-state index in [0.29, 0.717) is 12.8 Å². The van der Waals surface area contributed by atoms with Gasteiger partial charge in [0.1, 0.15) is 6.17 Å². The molecule has 4 aliphatic rings. The van der Waals surface area contributed by atoms with Crippen molar-refractivity contribution in [3.8, 4) is 0 Å². The van der Waals surface area contributed by atoms with Crippen LogP contribution in [0, 0.1) is 35.5 Å². The van der Waals surface area contributed by atoms with Gasteiger partial charge in [-0.2, -0.15) is 26.3 Å². The Morgan fingerprint density at radius 3 is 1.83 bits per heavy atom. The zero-order valence-electron chi connectivity index (χ0n) is 12.3. The number of hydrogen-bond donors (Lipinski definition) is 1. The summed E-state index contributed by atoms with van der Waals surface area (Å²) in [6.07, 6.45) is -14.0. The van der Waals surface area contributed by atoms with Crippen molar-refractivity contribution in [3.63, 3.8) is 0 Å². The first kappa shape index (κ1) is 16.8. The number of rotatable bonds is 1. The van der Waals surface area contributed by atoms with Gasteiger partial charge >= 0.3 is 12.4 Å². The number of hydrogen-bond acceptors (Lipinski definition) is 1. The molecule has 9 heteroatoms. The first-order valence-electron chi connectivity index (χ1n) is 8.04. The largest absolute Gasteiger partial charge is 0.429 e. The minimum atomic E-state index is -6.35. The van der Waals surface area contributed by atoms with Crippen molar-refractivity contribution in [2.45, 2.75) is 55.5 Å². The monoisotopic (exact) mass is 364 g/mol. The van der Waals surface area contributed by atoms with E-state index in [2.05, 4.69) is 0 Å². The third-order valence-corrected chi connectivity index (χ3v) is 7.22. The highest BCUT2D eigenvalue weighted by molar-refractivity contribution is 5.27. The molecule has 0 aromatic rings. The van der Waals surface area contributed by atoms with Crippen molar-refractivity contribution in [2.75, 3.05) is 0 Å². The molecule has 138 valence electrons. The molecule has 0 saturated heterocycles. The van der Waals surface area contributed by atoms with Crippen molar-refractivity contribution in [3.05, 3.63) is 0 Å². The van der Waals surface area contributed by atoms with E-state index in [0.717, 1.165) is 6.42 Å². The molecule has 0 amide bonds. The van der Waals surface area contributed by atoms with E-state index in [4.69, 9.17) is 0 Å². The molecule has 0 spiro atoms. The van der Waals surface area contributed by atoms with Gasteiger partial charge in [0.05, 0.1) is 0 Å². The second-order valence-electron chi connectivity index (χ2n) is 7.87. The lowest BCUT2D eigenvalue weighted by molar-refractivity contribution is -0.416. The van der Waals surface area contributed by atoms with E-state index in [9.17, 15) is 35.8 Å². The van der Waals surface area contributed by atoms with E-state index in [1.54, 1.807) is 0 Å². The lowest BCUT2D eigenvalue weighted by atomic mass is 9.60. The first-order chi connectivity index (χ1) is 10.9. The third-order valence-electron chi connectivity index (χ3n) is 7.22. The maximum absolute atomic E-state index is 15.3. The fourth-order valence-electron chi connectivity index (χ4n) is 6.56. The lowest BCUT2D eigenvalue weighted by Crippen LogP contribution is -2.75. The summed E-state index contributed by atoms with van der Waals surface area (Å²) < 4.78 is 109. The highest BCUT2D eigenvalue weighted by Crippen LogP contribution is 2.74. The van der Waals surface area contributed by atoms with Gasteiger partial charge in [0.25, 0.3) is 5.60 Å². The van der Waals surface area contributed by atoms with E-state index >= 15 is 4.39 Å². The van der Waals surface area contributed by atoms with Gasteiger partial charge in [-0.25, -0.2) is 8.78 Å². The van der Waals surface area contributed by atoms with Crippen LogP contribution in [0.2, 0.25) is 0 Å². The highest BCUT2D eigenvalue weighted by Gasteiger charge is 2.89. The normalized spacial score (nSPS) is 50.6. The van der Waals surface area contributed by atoms with Crippen LogP contribution in [0.5, 0.6) is 0 Å². The quantitative estimate of drug-likeness (QED) is 0.546. The molecule has 4 rings (SSSR count). The maximum atomic E-state index is 15.3. The molecule has 0 heterocycles. The summed E-state index contributed by atoms with van der Waals surface area (Å²) >= 11 is 0. The molecule has 4 fully saturated rings. The van der Waals surface area contributed by atoms with E-state index in [1.165, 1.54) is 0 Å². The molecular formula is C15H16F8O. The molecular weight excluding hydrogens is 348 g/mol. The topological polar surface area (TPSA) is 20.2 Å². The summed E-state index contributed by atoms with van der Waals surface area (Å²) in [5, 5.41) is 9.56. The molecule has 8 atom stereocenters. The zero-order chi connectivity index (χ0) is 17.9. The summed E-state index contributed by atoms with van der Waals surface area (Å²) in [5.41, 5.74) is -10.1. The summed E-state index contributed by atoms with van der Waals surface area (Å²) in [7, 11) is 0. The summed E-state index contributed by atoms with van der Waals surface area (Å²) in [4.78, 5) is 0. The molecule has 0 radical (unpaired) electrons. The first-order valence-corrected chi connectivity index (χ1v) is 8.04. The molecule has 4 bridgehead atoms. The predicted molar refractivity (Wildman–Crippen MR) is 65.2 cm³/mol. The van der Waals surface area contributed by atoms with E-state index < -0.39 is 47.5 Å². The van der Waals surface area contributed by atoms with Gasteiger partial charge in [0.15, 0.2) is 5.67 Å². The van der Waals surface area contributed by atoms with Crippen LogP contribution in [0.1, 0.15) is 25.7 Å². The molecule has 24 heavy (non-hydrogen) atoms. The van der Waals surface area contributed by atoms with Crippen LogP contribution in [0.4, 0.5) is 35.1 Å². The smallest absolute Gasteiger partial charge is 0.371 e. The zero-order valence-corrected chi connectivity index (χ0v) is 12.3. The Hall–Kier alpha value is -0.600. The molecule has 0 aromatic carbocycles. The van der Waals surface area contributed by atoms with Crippen LogP contribution in [0.25, 0.3) is 0 Å². The number of aliphatic hydroxyl groups is 1. The van der Waals surface area contributed by atoms with Gasteiger partial charge in [-0.1, -0.05) is 0 Å². The second kappa shape index (κ2) is 4.38. The maximum Gasteiger partial charge on any atom is 0.429 e. The van der Waals surface area contributed by atoms with Gasteiger partial charge in [0, 0.05) is 5.92 Å². The van der Waals surface area contributed by atoms with Gasteiger partial charge in [-0.15, -0.1) is 0 Å². The van der Waals surface area contributed by atoms with Crippen LogP contribution >= 0.6 is 0 Å². The fourth-order valence-corrected chi connectivity index (χ4v) is 6.56. The Labute approximate surface area is 132 Å². The Balaban J connectivity index is 1.83. The van der Waals surface area contributed by atoms with Gasteiger partial charge in [0.2, 0.25) is 0 Å². The van der Waals surface area contributed by atoms with Crippen LogP contribution < -0.4 is 0 Å². The predicted octanol–water partition coefficient (Wildman–Crippen LogP) is 4.20. The van der Waals surface area contributed by atoms with Crippen molar-refractivity contribution in [2.24, 2.45) is 35.5 Å². The third kappa shape index (κ3) is 1.57. The summed E-state index contributed by atoms with van der Waals surface area (Å²) in [6, 6.07) is 0. The molecule has 8 unspecified atom stereocenters. The average molecular weight is 364 g/mol. The van der Waals surface area contributed by atoms with Crippen molar-refractivity contribution in [1.82, 2.24) is 0 Å².